The van der Waals surface area contributed by atoms with E-state index in [1.807, 2.05) is 0 Å². The zero-order valence-corrected chi connectivity index (χ0v) is 11.1. The highest BCUT2D eigenvalue weighted by atomic mass is 16.5. The third kappa shape index (κ3) is 3.84. The number of rotatable bonds is 6. The Morgan fingerprint density at radius 1 is 1.61 bits per heavy atom. The average Bonchev–Trinajstić information content (AvgIpc) is 2.90. The van der Waals surface area contributed by atoms with Crippen LogP contribution < -0.4 is 0 Å². The average molecular weight is 255 g/mol. The zero-order chi connectivity index (χ0) is 13.5. The van der Waals surface area contributed by atoms with Gasteiger partial charge < -0.3 is 14.4 Å². The Hall–Kier alpha value is -1.36. The van der Waals surface area contributed by atoms with Gasteiger partial charge in [-0.25, -0.2) is 0 Å². The molecule has 0 radical (unpaired) electrons. The molecule has 1 heterocycles. The summed E-state index contributed by atoms with van der Waals surface area (Å²) in [4.78, 5) is 25.2. The topological polar surface area (TPSA) is 55.8 Å². The second-order valence-corrected chi connectivity index (χ2v) is 4.46. The van der Waals surface area contributed by atoms with Gasteiger partial charge >= 0.3 is 5.97 Å². The first kappa shape index (κ1) is 14.7. The molecule has 0 bridgehead atoms. The van der Waals surface area contributed by atoms with Crippen LogP contribution in [0.15, 0.2) is 12.7 Å². The van der Waals surface area contributed by atoms with Gasteiger partial charge in [0.15, 0.2) is 0 Å². The highest BCUT2D eigenvalue weighted by Gasteiger charge is 2.29. The molecule has 1 amide bonds. The van der Waals surface area contributed by atoms with E-state index in [0.717, 1.165) is 12.8 Å². The summed E-state index contributed by atoms with van der Waals surface area (Å²) >= 11 is 0. The summed E-state index contributed by atoms with van der Waals surface area (Å²) < 4.78 is 10.0. The number of hydrogen-bond donors (Lipinski definition) is 0. The Labute approximate surface area is 108 Å². The minimum Gasteiger partial charge on any atom is -0.469 e. The molecule has 1 fully saturated rings. The van der Waals surface area contributed by atoms with Crippen LogP contribution in [0.1, 0.15) is 19.8 Å². The van der Waals surface area contributed by atoms with Crippen LogP contribution in [0.2, 0.25) is 0 Å². The van der Waals surface area contributed by atoms with Crippen LogP contribution in [0.4, 0.5) is 0 Å². The zero-order valence-electron chi connectivity index (χ0n) is 11.1. The SMILES string of the molecule is C=CCN(CC(C)C(=O)OC)C(=O)C1CCCO1. The normalized spacial score (nSPS) is 20.2. The van der Waals surface area contributed by atoms with Crippen LogP contribution in [0.5, 0.6) is 0 Å². The lowest BCUT2D eigenvalue weighted by atomic mass is 10.1. The van der Waals surface area contributed by atoms with Crippen LogP contribution in [0.25, 0.3) is 0 Å². The molecule has 2 unspecified atom stereocenters. The fourth-order valence-corrected chi connectivity index (χ4v) is 1.99. The van der Waals surface area contributed by atoms with E-state index in [4.69, 9.17) is 4.74 Å². The van der Waals surface area contributed by atoms with Crippen molar-refractivity contribution >= 4 is 11.9 Å². The van der Waals surface area contributed by atoms with Crippen molar-refractivity contribution in [1.29, 1.82) is 0 Å². The minimum absolute atomic E-state index is 0.0665. The predicted octanol–water partition coefficient (Wildman–Crippen LogP) is 0.989. The number of nitrogens with zero attached hydrogens (tertiary/aromatic N) is 1. The van der Waals surface area contributed by atoms with Crippen LogP contribution in [-0.4, -0.2) is 49.7 Å². The van der Waals surface area contributed by atoms with Crippen molar-refractivity contribution in [3.05, 3.63) is 12.7 Å². The lowest BCUT2D eigenvalue weighted by molar-refractivity contribution is -0.148. The van der Waals surface area contributed by atoms with Gasteiger partial charge in [-0.3, -0.25) is 9.59 Å². The molecule has 18 heavy (non-hydrogen) atoms. The first-order valence-electron chi connectivity index (χ1n) is 6.19. The fraction of sp³-hybridized carbons (Fsp3) is 0.692. The van der Waals surface area contributed by atoms with E-state index < -0.39 is 0 Å². The molecule has 0 aromatic rings. The van der Waals surface area contributed by atoms with Crippen molar-refractivity contribution in [2.45, 2.75) is 25.9 Å². The van der Waals surface area contributed by atoms with E-state index in [-0.39, 0.29) is 23.9 Å². The third-order valence-corrected chi connectivity index (χ3v) is 2.96. The lowest BCUT2D eigenvalue weighted by Crippen LogP contribution is -2.42. The maximum absolute atomic E-state index is 12.2. The molecule has 0 spiro atoms. The molecule has 0 aromatic carbocycles. The van der Waals surface area contributed by atoms with Gasteiger partial charge in [-0.2, -0.15) is 0 Å². The molecule has 1 saturated heterocycles. The predicted molar refractivity (Wildman–Crippen MR) is 66.9 cm³/mol. The van der Waals surface area contributed by atoms with E-state index in [1.165, 1.54) is 7.11 Å². The maximum Gasteiger partial charge on any atom is 0.310 e. The van der Waals surface area contributed by atoms with Crippen molar-refractivity contribution in [2.75, 3.05) is 26.8 Å². The van der Waals surface area contributed by atoms with Crippen LogP contribution in [-0.2, 0) is 19.1 Å². The third-order valence-electron chi connectivity index (χ3n) is 2.96. The number of ether oxygens (including phenoxy) is 2. The van der Waals surface area contributed by atoms with Gasteiger partial charge in [0.05, 0.1) is 13.0 Å². The molecule has 0 N–H and O–H groups in total. The summed E-state index contributed by atoms with van der Waals surface area (Å²) in [6, 6.07) is 0. The number of amides is 1. The van der Waals surface area contributed by atoms with E-state index in [2.05, 4.69) is 11.3 Å². The molecule has 5 heteroatoms. The quantitative estimate of drug-likeness (QED) is 0.524. The smallest absolute Gasteiger partial charge is 0.310 e. The summed E-state index contributed by atoms with van der Waals surface area (Å²) in [7, 11) is 1.35. The van der Waals surface area contributed by atoms with Gasteiger partial charge in [0, 0.05) is 19.7 Å². The number of esters is 1. The van der Waals surface area contributed by atoms with Gasteiger partial charge in [0.2, 0.25) is 0 Å². The molecule has 102 valence electrons. The first-order chi connectivity index (χ1) is 8.60. The number of carbonyl (C=O) groups excluding carboxylic acids is 2. The van der Waals surface area contributed by atoms with Crippen LogP contribution >= 0.6 is 0 Å². The van der Waals surface area contributed by atoms with E-state index in [0.29, 0.717) is 19.7 Å². The molecule has 1 aliphatic heterocycles. The Bertz CT molecular complexity index is 310. The van der Waals surface area contributed by atoms with Gasteiger partial charge in [-0.05, 0) is 12.8 Å². The van der Waals surface area contributed by atoms with Crippen molar-refractivity contribution in [2.24, 2.45) is 5.92 Å². The molecular formula is C13H21NO4. The standard InChI is InChI=1S/C13H21NO4/c1-4-7-14(9-10(2)13(16)17-3)12(15)11-6-5-8-18-11/h4,10-11H,1,5-9H2,2-3H3. The first-order valence-corrected chi connectivity index (χ1v) is 6.19. The molecule has 0 saturated carbocycles. The monoisotopic (exact) mass is 255 g/mol. The van der Waals surface area contributed by atoms with Crippen molar-refractivity contribution in [3.63, 3.8) is 0 Å². The van der Waals surface area contributed by atoms with Crippen molar-refractivity contribution in [1.82, 2.24) is 4.90 Å². The number of methoxy groups -OCH3 is 1. The fourth-order valence-electron chi connectivity index (χ4n) is 1.99. The molecule has 1 rings (SSSR count). The highest BCUT2D eigenvalue weighted by Crippen LogP contribution is 2.16. The molecular weight excluding hydrogens is 234 g/mol. The Kier molecular flexibility index (Phi) is 5.85. The molecule has 0 aliphatic carbocycles. The molecule has 1 aliphatic rings. The highest BCUT2D eigenvalue weighted by molar-refractivity contribution is 5.82. The summed E-state index contributed by atoms with van der Waals surface area (Å²) in [5.74, 6) is -0.729. The Morgan fingerprint density at radius 3 is 2.83 bits per heavy atom. The number of hydrogen-bond acceptors (Lipinski definition) is 4. The Balaban J connectivity index is 2.60. The molecule has 5 nitrogen and oxygen atoms in total. The second kappa shape index (κ2) is 7.16. The van der Waals surface area contributed by atoms with Crippen molar-refractivity contribution in [3.8, 4) is 0 Å². The largest absolute Gasteiger partial charge is 0.469 e. The maximum atomic E-state index is 12.2. The lowest BCUT2D eigenvalue weighted by Gasteiger charge is -2.26. The summed E-state index contributed by atoms with van der Waals surface area (Å²) in [5.41, 5.74) is 0. The Morgan fingerprint density at radius 2 is 2.33 bits per heavy atom. The molecule has 0 aromatic heterocycles. The van der Waals surface area contributed by atoms with Gasteiger partial charge in [-0.15, -0.1) is 6.58 Å². The molecule has 2 atom stereocenters. The van der Waals surface area contributed by atoms with E-state index in [1.54, 1.807) is 17.9 Å². The summed E-state index contributed by atoms with van der Waals surface area (Å²) in [5, 5.41) is 0. The summed E-state index contributed by atoms with van der Waals surface area (Å²) in [6.45, 7) is 6.75. The van der Waals surface area contributed by atoms with Gasteiger partial charge in [0.25, 0.3) is 5.91 Å². The minimum atomic E-state index is -0.366. The van der Waals surface area contributed by atoms with Crippen molar-refractivity contribution < 1.29 is 19.1 Å². The second-order valence-electron chi connectivity index (χ2n) is 4.46. The number of carbonyl (C=O) groups is 2. The van der Waals surface area contributed by atoms with Gasteiger partial charge in [0.1, 0.15) is 6.10 Å². The van der Waals surface area contributed by atoms with Crippen LogP contribution in [0, 0.1) is 5.92 Å². The van der Waals surface area contributed by atoms with E-state index in [9.17, 15) is 9.59 Å². The van der Waals surface area contributed by atoms with Gasteiger partial charge in [-0.1, -0.05) is 13.0 Å². The summed E-state index contributed by atoms with van der Waals surface area (Å²) in [6.07, 6.45) is 2.94. The van der Waals surface area contributed by atoms with E-state index >= 15 is 0 Å². The van der Waals surface area contributed by atoms with Crippen LogP contribution in [0.3, 0.4) is 0 Å².